The van der Waals surface area contributed by atoms with Gasteiger partial charge in [-0.1, -0.05) is 29.8 Å². The van der Waals surface area contributed by atoms with Crippen LogP contribution >= 0.6 is 23.4 Å². The first-order valence-corrected chi connectivity index (χ1v) is 12.4. The number of nitro benzene ring substituents is 1. The van der Waals surface area contributed by atoms with Crippen molar-refractivity contribution in [3.63, 3.8) is 0 Å². The summed E-state index contributed by atoms with van der Waals surface area (Å²) in [7, 11) is -3.79. The summed E-state index contributed by atoms with van der Waals surface area (Å²) < 4.78 is 25.0. The van der Waals surface area contributed by atoms with Crippen molar-refractivity contribution in [2.45, 2.75) is 12.2 Å². The summed E-state index contributed by atoms with van der Waals surface area (Å²) in [5.41, 5.74) is 0.939. The summed E-state index contributed by atoms with van der Waals surface area (Å²) in [5, 5.41) is 14.3. The number of halogens is 1. The van der Waals surface area contributed by atoms with Crippen LogP contribution in [0.25, 0.3) is 0 Å². The number of rotatable bonds is 11. The van der Waals surface area contributed by atoms with Crippen molar-refractivity contribution in [3.8, 4) is 0 Å². The maximum atomic E-state index is 12.2. The van der Waals surface area contributed by atoms with Crippen LogP contribution in [0.15, 0.2) is 48.5 Å². The molecule has 0 aliphatic rings. The quantitative estimate of drug-likeness (QED) is 0.305. The van der Waals surface area contributed by atoms with Crippen LogP contribution in [-0.2, 0) is 20.6 Å². The summed E-state index contributed by atoms with van der Waals surface area (Å²) in [6.45, 7) is -0.0520. The van der Waals surface area contributed by atoms with E-state index in [1.54, 1.807) is 11.8 Å². The van der Waals surface area contributed by atoms with E-state index in [4.69, 9.17) is 11.6 Å². The van der Waals surface area contributed by atoms with Crippen molar-refractivity contribution in [1.29, 1.82) is 0 Å². The summed E-state index contributed by atoms with van der Waals surface area (Å²) >= 11 is 7.65. The van der Waals surface area contributed by atoms with Gasteiger partial charge < -0.3 is 5.32 Å². The van der Waals surface area contributed by atoms with E-state index in [0.29, 0.717) is 18.0 Å². The van der Waals surface area contributed by atoms with Crippen LogP contribution < -0.4 is 9.62 Å². The fourth-order valence-electron chi connectivity index (χ4n) is 2.57. The van der Waals surface area contributed by atoms with Gasteiger partial charge in [-0.25, -0.2) is 8.42 Å². The van der Waals surface area contributed by atoms with E-state index in [2.05, 4.69) is 5.32 Å². The number of carbonyl (C=O) groups is 1. The molecule has 11 heteroatoms. The van der Waals surface area contributed by atoms with Gasteiger partial charge >= 0.3 is 0 Å². The molecule has 2 rings (SSSR count). The van der Waals surface area contributed by atoms with Gasteiger partial charge in [-0.3, -0.25) is 19.2 Å². The summed E-state index contributed by atoms with van der Waals surface area (Å²) in [6, 6.07) is 12.8. The summed E-state index contributed by atoms with van der Waals surface area (Å²) in [4.78, 5) is 22.5. The van der Waals surface area contributed by atoms with Crippen LogP contribution in [0.3, 0.4) is 0 Å². The zero-order valence-corrected chi connectivity index (χ0v) is 18.7. The molecule has 0 spiro atoms. The molecular weight excluding hydrogens is 450 g/mol. The third kappa shape index (κ3) is 7.85. The molecule has 0 aliphatic heterocycles. The maximum Gasteiger partial charge on any atom is 0.271 e. The van der Waals surface area contributed by atoms with E-state index >= 15 is 0 Å². The van der Waals surface area contributed by atoms with E-state index < -0.39 is 27.4 Å². The maximum absolute atomic E-state index is 12.2. The first kappa shape index (κ1) is 24.0. The number of non-ortho nitro benzene ring substituents is 1. The Labute approximate surface area is 184 Å². The van der Waals surface area contributed by atoms with Crippen molar-refractivity contribution in [3.05, 3.63) is 69.2 Å². The predicted octanol–water partition coefficient (Wildman–Crippen LogP) is 3.45. The zero-order chi connectivity index (χ0) is 22.1. The minimum absolute atomic E-state index is 0.0685. The third-order valence-corrected chi connectivity index (χ3v) is 6.45. The largest absolute Gasteiger partial charge is 0.354 e. The van der Waals surface area contributed by atoms with E-state index in [9.17, 15) is 23.3 Å². The number of sulfonamides is 1. The Morgan fingerprint density at radius 3 is 2.63 bits per heavy atom. The van der Waals surface area contributed by atoms with E-state index in [0.717, 1.165) is 33.7 Å². The highest BCUT2D eigenvalue weighted by Crippen LogP contribution is 2.23. The van der Waals surface area contributed by atoms with Gasteiger partial charge in [-0.15, -0.1) is 0 Å². The Bertz CT molecular complexity index is 1000. The molecule has 0 atom stereocenters. The van der Waals surface area contributed by atoms with Crippen LogP contribution in [-0.4, -0.2) is 44.3 Å². The second-order valence-electron chi connectivity index (χ2n) is 6.43. The average molecular weight is 472 g/mol. The van der Waals surface area contributed by atoms with Gasteiger partial charge in [-0.05, 0) is 35.9 Å². The number of nitrogens with one attached hydrogen (secondary N) is 1. The summed E-state index contributed by atoms with van der Waals surface area (Å²) in [6.07, 6.45) is 1.66. The van der Waals surface area contributed by atoms with Gasteiger partial charge in [0, 0.05) is 29.5 Å². The molecule has 0 heterocycles. The van der Waals surface area contributed by atoms with Crippen molar-refractivity contribution >= 4 is 50.7 Å². The molecule has 0 aliphatic carbocycles. The molecular formula is C19H22ClN3O5S2. The average Bonchev–Trinajstić information content (AvgIpc) is 2.68. The highest BCUT2D eigenvalue weighted by Gasteiger charge is 2.22. The number of nitrogens with zero attached hydrogens (tertiary/aromatic N) is 2. The van der Waals surface area contributed by atoms with Crippen molar-refractivity contribution in [2.24, 2.45) is 0 Å². The lowest BCUT2D eigenvalue weighted by molar-refractivity contribution is -0.384. The molecule has 162 valence electrons. The second kappa shape index (κ2) is 11.2. The fraction of sp³-hybridized carbons (Fsp3) is 0.316. The molecule has 0 radical (unpaired) electrons. The van der Waals surface area contributed by atoms with Crippen molar-refractivity contribution in [1.82, 2.24) is 5.32 Å². The number of amides is 1. The van der Waals surface area contributed by atoms with Gasteiger partial charge in [0.15, 0.2) is 0 Å². The normalized spacial score (nSPS) is 11.1. The number of anilines is 1. The zero-order valence-electron chi connectivity index (χ0n) is 16.3. The van der Waals surface area contributed by atoms with Gasteiger partial charge in [0.25, 0.3) is 5.69 Å². The smallest absolute Gasteiger partial charge is 0.271 e. The van der Waals surface area contributed by atoms with Gasteiger partial charge in [-0.2, -0.15) is 11.8 Å². The highest BCUT2D eigenvalue weighted by molar-refractivity contribution is 7.98. The Balaban J connectivity index is 1.82. The molecule has 2 aromatic rings. The van der Waals surface area contributed by atoms with Crippen LogP contribution in [0.2, 0.25) is 5.02 Å². The third-order valence-electron chi connectivity index (χ3n) is 3.96. The first-order chi connectivity index (χ1) is 14.2. The van der Waals surface area contributed by atoms with E-state index in [-0.39, 0.29) is 11.4 Å². The van der Waals surface area contributed by atoms with Crippen molar-refractivity contribution in [2.75, 3.05) is 29.4 Å². The lowest BCUT2D eigenvalue weighted by Crippen LogP contribution is -2.40. The van der Waals surface area contributed by atoms with Crippen LogP contribution in [0.1, 0.15) is 12.0 Å². The predicted molar refractivity (Wildman–Crippen MR) is 121 cm³/mol. The number of carbonyl (C=O) groups excluding carboxylic acids is 1. The van der Waals surface area contributed by atoms with Gasteiger partial charge in [0.2, 0.25) is 15.9 Å². The Morgan fingerprint density at radius 2 is 1.97 bits per heavy atom. The van der Waals surface area contributed by atoms with Crippen LogP contribution in [0, 0.1) is 10.1 Å². The van der Waals surface area contributed by atoms with Crippen LogP contribution in [0.5, 0.6) is 0 Å². The van der Waals surface area contributed by atoms with E-state index in [1.807, 2.05) is 24.3 Å². The summed E-state index contributed by atoms with van der Waals surface area (Å²) in [5.74, 6) is 1.14. The first-order valence-electron chi connectivity index (χ1n) is 8.98. The minimum atomic E-state index is -3.79. The lowest BCUT2D eigenvalue weighted by Gasteiger charge is -2.21. The molecule has 1 amide bonds. The molecule has 0 unspecified atom stereocenters. The molecule has 0 aromatic heterocycles. The van der Waals surface area contributed by atoms with Gasteiger partial charge in [0.1, 0.15) is 6.54 Å². The molecule has 8 nitrogen and oxygen atoms in total. The molecule has 0 saturated carbocycles. The fourth-order valence-corrected chi connectivity index (χ4v) is 4.54. The monoisotopic (exact) mass is 471 g/mol. The Morgan fingerprint density at radius 1 is 1.23 bits per heavy atom. The minimum Gasteiger partial charge on any atom is -0.354 e. The Hall–Kier alpha value is -2.30. The van der Waals surface area contributed by atoms with Crippen molar-refractivity contribution < 1.29 is 18.1 Å². The second-order valence-corrected chi connectivity index (χ2v) is 9.88. The molecule has 0 saturated heterocycles. The molecule has 0 fully saturated rings. The Kier molecular flexibility index (Phi) is 8.94. The van der Waals surface area contributed by atoms with E-state index in [1.165, 1.54) is 18.2 Å². The number of thioether (sulfide) groups is 1. The van der Waals surface area contributed by atoms with Crippen LogP contribution in [0.4, 0.5) is 11.4 Å². The number of nitro groups is 1. The topological polar surface area (TPSA) is 110 Å². The number of hydrogen-bond donors (Lipinski definition) is 1. The highest BCUT2D eigenvalue weighted by atomic mass is 35.5. The number of hydrogen-bond acceptors (Lipinski definition) is 6. The molecule has 30 heavy (non-hydrogen) atoms. The molecule has 1 N–H and O–H groups in total. The SMILES string of the molecule is CS(=O)(=O)N(CC(=O)NCCCSCc1cccc(Cl)c1)c1cccc([N+](=O)[O-])c1. The molecule has 0 bridgehead atoms. The molecule has 2 aromatic carbocycles. The number of benzene rings is 2. The van der Waals surface area contributed by atoms with Gasteiger partial charge in [0.05, 0.1) is 16.9 Å². The lowest BCUT2D eigenvalue weighted by atomic mass is 10.2. The standard InChI is InChI=1S/C19H22ClN3O5S2/c1-30(27,28)22(17-7-3-8-18(12-17)23(25)26)13-19(24)21-9-4-10-29-14-15-5-2-6-16(20)11-15/h2-3,5-8,11-12H,4,9-10,13-14H2,1H3,(H,21,24).